The average Bonchev–Trinajstić information content (AvgIpc) is 2.34. The van der Waals surface area contributed by atoms with E-state index in [1.807, 2.05) is 20.0 Å². The number of thiazole rings is 1. The molecule has 0 bridgehead atoms. The standard InChI is InChI=1S/C7H11NOS/c1-5-4-8-7(10-5)6(2)9-3/h4,6H,1-3H3. The van der Waals surface area contributed by atoms with E-state index in [2.05, 4.69) is 4.98 Å². The highest BCUT2D eigenvalue weighted by Gasteiger charge is 2.06. The van der Waals surface area contributed by atoms with Gasteiger partial charge < -0.3 is 4.74 Å². The maximum absolute atomic E-state index is 5.10. The van der Waals surface area contributed by atoms with Crippen LogP contribution < -0.4 is 0 Å². The normalized spacial score (nSPS) is 13.5. The second-order valence-electron chi connectivity index (χ2n) is 2.19. The van der Waals surface area contributed by atoms with Crippen LogP contribution in [0.2, 0.25) is 0 Å². The Bertz CT molecular complexity index is 209. The zero-order chi connectivity index (χ0) is 7.56. The maximum atomic E-state index is 5.10. The summed E-state index contributed by atoms with van der Waals surface area (Å²) in [4.78, 5) is 5.42. The topological polar surface area (TPSA) is 22.1 Å². The monoisotopic (exact) mass is 157 g/mol. The third-order valence-electron chi connectivity index (χ3n) is 1.34. The predicted molar refractivity (Wildman–Crippen MR) is 42.3 cm³/mol. The molecule has 0 saturated carbocycles. The summed E-state index contributed by atoms with van der Waals surface area (Å²) in [5.74, 6) is 0. The first kappa shape index (κ1) is 7.69. The molecule has 1 atom stereocenters. The van der Waals surface area contributed by atoms with Gasteiger partial charge in [0.15, 0.2) is 0 Å². The highest BCUT2D eigenvalue weighted by molar-refractivity contribution is 7.11. The first-order valence-corrected chi connectivity index (χ1v) is 4.01. The van der Waals surface area contributed by atoms with Crippen molar-refractivity contribution >= 4 is 11.3 Å². The van der Waals surface area contributed by atoms with Gasteiger partial charge in [-0.05, 0) is 13.8 Å². The summed E-state index contributed by atoms with van der Waals surface area (Å²) >= 11 is 1.68. The van der Waals surface area contributed by atoms with Crippen LogP contribution >= 0.6 is 11.3 Å². The number of hydrogen-bond donors (Lipinski definition) is 0. The van der Waals surface area contributed by atoms with Gasteiger partial charge in [-0.1, -0.05) is 0 Å². The molecule has 1 unspecified atom stereocenters. The molecule has 0 spiro atoms. The fraction of sp³-hybridized carbons (Fsp3) is 0.571. The molecule has 0 aromatic carbocycles. The second-order valence-corrected chi connectivity index (χ2v) is 3.45. The van der Waals surface area contributed by atoms with Crippen LogP contribution in [-0.4, -0.2) is 12.1 Å². The SMILES string of the molecule is COC(C)c1ncc(C)s1. The summed E-state index contributed by atoms with van der Waals surface area (Å²) in [5, 5.41) is 1.06. The van der Waals surface area contributed by atoms with Crippen LogP contribution in [0.4, 0.5) is 0 Å². The minimum atomic E-state index is 0.138. The van der Waals surface area contributed by atoms with Crippen molar-refractivity contribution in [3.05, 3.63) is 16.1 Å². The highest BCUT2D eigenvalue weighted by atomic mass is 32.1. The van der Waals surface area contributed by atoms with E-state index < -0.39 is 0 Å². The summed E-state index contributed by atoms with van der Waals surface area (Å²) in [7, 11) is 1.70. The number of methoxy groups -OCH3 is 1. The average molecular weight is 157 g/mol. The van der Waals surface area contributed by atoms with Crippen LogP contribution in [0.5, 0.6) is 0 Å². The molecule has 0 aliphatic carbocycles. The van der Waals surface area contributed by atoms with Crippen LogP contribution in [0.3, 0.4) is 0 Å². The molecular formula is C7H11NOS. The Morgan fingerprint density at radius 2 is 2.40 bits per heavy atom. The fourth-order valence-electron chi connectivity index (χ4n) is 0.661. The lowest BCUT2D eigenvalue weighted by atomic mass is 10.4. The molecule has 0 fully saturated rings. The number of nitrogens with zero attached hydrogens (tertiary/aromatic N) is 1. The van der Waals surface area contributed by atoms with E-state index >= 15 is 0 Å². The fourth-order valence-corrected chi connectivity index (χ4v) is 1.46. The van der Waals surface area contributed by atoms with E-state index in [4.69, 9.17) is 4.74 Å². The molecule has 1 aromatic heterocycles. The van der Waals surface area contributed by atoms with Crippen molar-refractivity contribution in [1.29, 1.82) is 0 Å². The lowest BCUT2D eigenvalue weighted by Crippen LogP contribution is -1.93. The molecule has 1 rings (SSSR count). The molecule has 2 nitrogen and oxygen atoms in total. The first-order valence-electron chi connectivity index (χ1n) is 3.19. The summed E-state index contributed by atoms with van der Waals surface area (Å²) in [6.07, 6.45) is 2.01. The summed E-state index contributed by atoms with van der Waals surface area (Å²) in [6.45, 7) is 4.04. The lowest BCUT2D eigenvalue weighted by Gasteiger charge is -2.02. The van der Waals surface area contributed by atoms with Crippen molar-refractivity contribution in [3.63, 3.8) is 0 Å². The van der Waals surface area contributed by atoms with Gasteiger partial charge in [-0.3, -0.25) is 0 Å². The Morgan fingerprint density at radius 3 is 2.80 bits per heavy atom. The summed E-state index contributed by atoms with van der Waals surface area (Å²) < 4.78 is 5.10. The van der Waals surface area contributed by atoms with Crippen LogP contribution in [0, 0.1) is 6.92 Å². The smallest absolute Gasteiger partial charge is 0.121 e. The van der Waals surface area contributed by atoms with Gasteiger partial charge in [0.25, 0.3) is 0 Å². The van der Waals surface area contributed by atoms with Crippen molar-refractivity contribution in [3.8, 4) is 0 Å². The van der Waals surface area contributed by atoms with Gasteiger partial charge in [-0.25, -0.2) is 4.98 Å². The van der Waals surface area contributed by atoms with Crippen molar-refractivity contribution in [2.24, 2.45) is 0 Å². The predicted octanol–water partition coefficient (Wildman–Crippen LogP) is 2.16. The van der Waals surface area contributed by atoms with E-state index in [-0.39, 0.29) is 6.10 Å². The van der Waals surface area contributed by atoms with Gasteiger partial charge in [-0.15, -0.1) is 11.3 Å². The Labute approximate surface area is 64.9 Å². The van der Waals surface area contributed by atoms with Gasteiger partial charge in [0, 0.05) is 18.2 Å². The van der Waals surface area contributed by atoms with E-state index in [0.29, 0.717) is 0 Å². The number of rotatable bonds is 2. The summed E-state index contributed by atoms with van der Waals surface area (Å²) in [5.41, 5.74) is 0. The van der Waals surface area contributed by atoms with Gasteiger partial charge in [-0.2, -0.15) is 0 Å². The van der Waals surface area contributed by atoms with E-state index in [1.165, 1.54) is 4.88 Å². The van der Waals surface area contributed by atoms with Crippen LogP contribution in [-0.2, 0) is 4.74 Å². The summed E-state index contributed by atoms with van der Waals surface area (Å²) in [6, 6.07) is 0. The molecule has 0 amide bonds. The second kappa shape index (κ2) is 3.12. The molecule has 56 valence electrons. The molecular weight excluding hydrogens is 146 g/mol. The first-order chi connectivity index (χ1) is 4.74. The van der Waals surface area contributed by atoms with E-state index in [1.54, 1.807) is 18.4 Å². The lowest BCUT2D eigenvalue weighted by molar-refractivity contribution is 0.119. The van der Waals surface area contributed by atoms with Gasteiger partial charge >= 0.3 is 0 Å². The maximum Gasteiger partial charge on any atom is 0.121 e. The quantitative estimate of drug-likeness (QED) is 0.656. The minimum Gasteiger partial charge on any atom is -0.375 e. The molecule has 0 saturated heterocycles. The van der Waals surface area contributed by atoms with Crippen molar-refractivity contribution in [2.75, 3.05) is 7.11 Å². The van der Waals surface area contributed by atoms with Gasteiger partial charge in [0.2, 0.25) is 0 Å². The Kier molecular flexibility index (Phi) is 2.40. The molecule has 0 radical (unpaired) electrons. The molecule has 1 aromatic rings. The van der Waals surface area contributed by atoms with Crippen molar-refractivity contribution < 1.29 is 4.74 Å². The minimum absolute atomic E-state index is 0.138. The van der Waals surface area contributed by atoms with Crippen LogP contribution in [0.15, 0.2) is 6.20 Å². The van der Waals surface area contributed by atoms with E-state index in [9.17, 15) is 0 Å². The molecule has 0 N–H and O–H groups in total. The van der Waals surface area contributed by atoms with Gasteiger partial charge in [0.05, 0.1) is 0 Å². The Balaban J connectivity index is 2.74. The molecule has 10 heavy (non-hydrogen) atoms. The zero-order valence-electron chi connectivity index (χ0n) is 6.42. The molecule has 1 heterocycles. The Morgan fingerprint density at radius 1 is 1.70 bits per heavy atom. The zero-order valence-corrected chi connectivity index (χ0v) is 7.23. The van der Waals surface area contributed by atoms with Gasteiger partial charge in [0.1, 0.15) is 11.1 Å². The van der Waals surface area contributed by atoms with Crippen LogP contribution in [0.1, 0.15) is 22.9 Å². The number of aryl methyl sites for hydroxylation is 1. The third-order valence-corrected chi connectivity index (χ3v) is 2.41. The third kappa shape index (κ3) is 1.55. The van der Waals surface area contributed by atoms with Crippen molar-refractivity contribution in [2.45, 2.75) is 20.0 Å². The van der Waals surface area contributed by atoms with Crippen molar-refractivity contribution in [1.82, 2.24) is 4.98 Å². The largest absolute Gasteiger partial charge is 0.375 e. The van der Waals surface area contributed by atoms with E-state index in [0.717, 1.165) is 5.01 Å². The number of aromatic nitrogens is 1. The molecule has 0 aliphatic heterocycles. The Hall–Kier alpha value is -0.410. The highest BCUT2D eigenvalue weighted by Crippen LogP contribution is 2.20. The van der Waals surface area contributed by atoms with Crippen LogP contribution in [0.25, 0.3) is 0 Å². The molecule has 3 heteroatoms. The number of hydrogen-bond acceptors (Lipinski definition) is 3. The molecule has 0 aliphatic rings. The number of ether oxygens (including phenoxy) is 1.